The normalized spacial score (nSPS) is 9.15. The fourth-order valence-electron chi connectivity index (χ4n) is 0.881. The minimum absolute atomic E-state index is 0.0634. The van der Waals surface area contributed by atoms with Gasteiger partial charge in [-0.25, -0.2) is 9.18 Å². The smallest absolute Gasteiger partial charge is 0.240 e. The molecule has 3 nitrogen and oxygen atoms in total. The molecule has 0 unspecified atom stereocenters. The van der Waals surface area contributed by atoms with Crippen molar-refractivity contribution in [2.24, 2.45) is 4.99 Å². The van der Waals surface area contributed by atoms with Crippen LogP contribution in [0.4, 0.5) is 10.1 Å². The van der Waals surface area contributed by atoms with Crippen LogP contribution in [-0.4, -0.2) is 13.2 Å². The molecular weight excluding hydrogens is 241 g/mol. The highest BCUT2D eigenvalue weighted by molar-refractivity contribution is 9.10. The van der Waals surface area contributed by atoms with Crippen molar-refractivity contribution >= 4 is 27.7 Å². The van der Waals surface area contributed by atoms with E-state index < -0.39 is 5.82 Å². The summed E-state index contributed by atoms with van der Waals surface area (Å²) in [6.45, 7) is 0. The number of rotatable bonds is 2. The van der Waals surface area contributed by atoms with Gasteiger partial charge >= 0.3 is 0 Å². The summed E-state index contributed by atoms with van der Waals surface area (Å²) in [5.74, 6) is -0.641. The first kappa shape index (κ1) is 9.89. The van der Waals surface area contributed by atoms with E-state index >= 15 is 0 Å². The van der Waals surface area contributed by atoms with Crippen molar-refractivity contribution in [3.8, 4) is 5.75 Å². The van der Waals surface area contributed by atoms with Crippen LogP contribution in [0.5, 0.6) is 5.75 Å². The third-order valence-electron chi connectivity index (χ3n) is 1.36. The molecule has 0 heterocycles. The highest BCUT2D eigenvalue weighted by Crippen LogP contribution is 2.33. The summed E-state index contributed by atoms with van der Waals surface area (Å²) in [7, 11) is 1.30. The minimum atomic E-state index is -0.578. The molecule has 1 aromatic carbocycles. The van der Waals surface area contributed by atoms with Crippen molar-refractivity contribution < 1.29 is 13.9 Å². The van der Waals surface area contributed by atoms with Crippen LogP contribution < -0.4 is 4.74 Å². The zero-order valence-electron chi connectivity index (χ0n) is 6.67. The second-order valence-electron chi connectivity index (χ2n) is 2.14. The lowest BCUT2D eigenvalue weighted by molar-refractivity contribution is 0.388. The molecule has 0 spiro atoms. The Hall–Kier alpha value is -1.19. The van der Waals surface area contributed by atoms with Gasteiger partial charge in [-0.1, -0.05) is 15.9 Å². The molecule has 0 saturated carbocycles. The topological polar surface area (TPSA) is 38.7 Å². The lowest BCUT2D eigenvalue weighted by atomic mass is 10.3. The van der Waals surface area contributed by atoms with E-state index in [9.17, 15) is 9.18 Å². The maximum absolute atomic E-state index is 13.1. The molecule has 0 aliphatic carbocycles. The van der Waals surface area contributed by atoms with Gasteiger partial charge in [-0.05, 0) is 12.1 Å². The van der Waals surface area contributed by atoms with Gasteiger partial charge in [0.05, 0.1) is 7.11 Å². The Morgan fingerprint density at radius 3 is 2.85 bits per heavy atom. The summed E-state index contributed by atoms with van der Waals surface area (Å²) in [5.41, 5.74) is 0.115. The van der Waals surface area contributed by atoms with Gasteiger partial charge in [-0.3, -0.25) is 0 Å². The molecule has 0 aromatic heterocycles. The number of carbonyl (C=O) groups excluding carboxylic acids is 1. The van der Waals surface area contributed by atoms with Crippen molar-refractivity contribution in [1.82, 2.24) is 0 Å². The van der Waals surface area contributed by atoms with E-state index in [1.54, 1.807) is 0 Å². The monoisotopic (exact) mass is 245 g/mol. The van der Waals surface area contributed by atoms with Crippen LogP contribution in [0.25, 0.3) is 0 Å². The molecule has 5 heteroatoms. The zero-order valence-corrected chi connectivity index (χ0v) is 8.26. The van der Waals surface area contributed by atoms with Gasteiger partial charge in [0.25, 0.3) is 0 Å². The Balaban J connectivity index is 3.37. The van der Waals surface area contributed by atoms with E-state index in [0.29, 0.717) is 4.47 Å². The number of methoxy groups -OCH3 is 1. The predicted molar refractivity (Wildman–Crippen MR) is 48.4 cm³/mol. The van der Waals surface area contributed by atoms with Crippen molar-refractivity contribution in [3.63, 3.8) is 0 Å². The van der Waals surface area contributed by atoms with Gasteiger partial charge in [0.1, 0.15) is 5.69 Å². The molecule has 0 aliphatic rings. The van der Waals surface area contributed by atoms with Crippen LogP contribution in [0.3, 0.4) is 0 Å². The molecular formula is C8H5BrFNO2. The molecule has 0 radical (unpaired) electrons. The Kier molecular flexibility index (Phi) is 3.17. The average Bonchev–Trinajstić information content (AvgIpc) is 2.04. The molecule has 1 rings (SSSR count). The molecule has 0 bridgehead atoms. The third-order valence-corrected chi connectivity index (χ3v) is 1.82. The lowest BCUT2D eigenvalue weighted by Crippen LogP contribution is -1.88. The Labute approximate surface area is 82.4 Å². The fraction of sp³-hybridized carbons (Fsp3) is 0.125. The molecule has 68 valence electrons. The van der Waals surface area contributed by atoms with Gasteiger partial charge in [0.2, 0.25) is 6.08 Å². The molecule has 0 fully saturated rings. The van der Waals surface area contributed by atoms with E-state index in [-0.39, 0.29) is 11.4 Å². The Morgan fingerprint density at radius 2 is 2.31 bits per heavy atom. The summed E-state index contributed by atoms with van der Waals surface area (Å²) in [6.07, 6.45) is 1.32. The Bertz CT molecular complexity index is 375. The van der Waals surface area contributed by atoms with Gasteiger partial charge in [-0.15, -0.1) is 0 Å². The van der Waals surface area contributed by atoms with Crippen molar-refractivity contribution in [3.05, 3.63) is 22.4 Å². The van der Waals surface area contributed by atoms with E-state index in [0.717, 1.165) is 0 Å². The van der Waals surface area contributed by atoms with Crippen molar-refractivity contribution in [2.75, 3.05) is 7.11 Å². The average molecular weight is 246 g/mol. The van der Waals surface area contributed by atoms with Crippen LogP contribution in [0.15, 0.2) is 21.6 Å². The number of isocyanates is 1. The Morgan fingerprint density at radius 1 is 1.62 bits per heavy atom. The molecule has 1 aromatic rings. The molecule has 0 aliphatic heterocycles. The van der Waals surface area contributed by atoms with E-state index in [2.05, 4.69) is 20.9 Å². The number of hydrogen-bond donors (Lipinski definition) is 0. The van der Waals surface area contributed by atoms with Crippen LogP contribution >= 0.6 is 15.9 Å². The van der Waals surface area contributed by atoms with Crippen LogP contribution in [0.2, 0.25) is 0 Å². The molecule has 0 N–H and O–H groups in total. The SMILES string of the molecule is COc1c(F)cc(Br)cc1N=C=O. The number of nitrogens with zero attached hydrogens (tertiary/aromatic N) is 1. The summed E-state index contributed by atoms with van der Waals surface area (Å²) in [4.78, 5) is 13.3. The standard InChI is InChI=1S/C8H5BrFNO2/c1-13-8-6(10)2-5(9)3-7(8)11-4-12/h2-3H,1H3. The first-order chi connectivity index (χ1) is 6.19. The summed E-state index contributed by atoms with van der Waals surface area (Å²) in [6, 6.07) is 2.69. The first-order valence-corrected chi connectivity index (χ1v) is 4.09. The highest BCUT2D eigenvalue weighted by atomic mass is 79.9. The summed E-state index contributed by atoms with van der Waals surface area (Å²) < 4.78 is 18.3. The third kappa shape index (κ3) is 2.14. The quantitative estimate of drug-likeness (QED) is 0.594. The largest absolute Gasteiger partial charge is 0.491 e. The number of hydrogen-bond acceptors (Lipinski definition) is 3. The molecule has 13 heavy (non-hydrogen) atoms. The zero-order chi connectivity index (χ0) is 9.84. The van der Waals surface area contributed by atoms with Crippen LogP contribution in [0, 0.1) is 5.82 Å². The molecule has 0 amide bonds. The summed E-state index contributed by atoms with van der Waals surface area (Å²) >= 11 is 3.06. The van der Waals surface area contributed by atoms with Crippen molar-refractivity contribution in [2.45, 2.75) is 0 Å². The molecule has 0 saturated heterocycles. The van der Waals surface area contributed by atoms with Gasteiger partial charge in [0.15, 0.2) is 11.6 Å². The fourth-order valence-corrected chi connectivity index (χ4v) is 1.30. The van der Waals surface area contributed by atoms with E-state index in [1.165, 1.54) is 25.3 Å². The second-order valence-corrected chi connectivity index (χ2v) is 3.06. The molecule has 0 atom stereocenters. The van der Waals surface area contributed by atoms with E-state index in [4.69, 9.17) is 4.74 Å². The summed E-state index contributed by atoms with van der Waals surface area (Å²) in [5, 5.41) is 0. The van der Waals surface area contributed by atoms with Gasteiger partial charge < -0.3 is 4.74 Å². The maximum atomic E-state index is 13.1. The number of benzene rings is 1. The predicted octanol–water partition coefficient (Wildman–Crippen LogP) is 2.56. The van der Waals surface area contributed by atoms with Gasteiger partial charge in [-0.2, -0.15) is 4.99 Å². The minimum Gasteiger partial charge on any atom is -0.491 e. The van der Waals surface area contributed by atoms with Crippen LogP contribution in [0.1, 0.15) is 0 Å². The van der Waals surface area contributed by atoms with Gasteiger partial charge in [0, 0.05) is 4.47 Å². The highest BCUT2D eigenvalue weighted by Gasteiger charge is 2.09. The number of aliphatic imine (C=N–C) groups is 1. The first-order valence-electron chi connectivity index (χ1n) is 3.30. The lowest BCUT2D eigenvalue weighted by Gasteiger charge is -2.04. The number of halogens is 2. The number of ether oxygens (including phenoxy) is 1. The van der Waals surface area contributed by atoms with Crippen LogP contribution in [-0.2, 0) is 4.79 Å². The van der Waals surface area contributed by atoms with E-state index in [1.807, 2.05) is 0 Å². The second kappa shape index (κ2) is 4.16. The maximum Gasteiger partial charge on any atom is 0.240 e. The van der Waals surface area contributed by atoms with Crippen molar-refractivity contribution in [1.29, 1.82) is 0 Å².